The van der Waals surface area contributed by atoms with E-state index in [9.17, 15) is 14.4 Å². The molecule has 0 aliphatic carbocycles. The Balaban J connectivity index is 1.49. The van der Waals surface area contributed by atoms with Crippen LogP contribution in [-0.2, 0) is 4.79 Å². The van der Waals surface area contributed by atoms with Gasteiger partial charge >= 0.3 is 5.97 Å². The SMILES string of the molecule is COc1cc(/C=N\NC(=O)/C(=C/c2ccc(N(C)C)cc2)NC(=O)c2ccccc2)ccc1OC(=O)c1ccc(Cl)cc1. The van der Waals surface area contributed by atoms with Gasteiger partial charge in [0.2, 0.25) is 0 Å². The molecule has 0 aliphatic rings. The number of amides is 2. The zero-order chi connectivity index (χ0) is 30.8. The lowest BCUT2D eigenvalue weighted by molar-refractivity contribution is -0.117. The Hall–Kier alpha value is -5.41. The van der Waals surface area contributed by atoms with Crippen LogP contribution in [-0.4, -0.2) is 45.2 Å². The van der Waals surface area contributed by atoms with Crippen LogP contribution in [0, 0.1) is 0 Å². The van der Waals surface area contributed by atoms with Crippen LogP contribution in [0.1, 0.15) is 31.8 Å². The third-order valence-electron chi connectivity index (χ3n) is 6.10. The van der Waals surface area contributed by atoms with Crippen molar-refractivity contribution in [1.29, 1.82) is 0 Å². The van der Waals surface area contributed by atoms with Crippen molar-refractivity contribution in [1.82, 2.24) is 10.7 Å². The van der Waals surface area contributed by atoms with Crippen LogP contribution in [0.3, 0.4) is 0 Å². The Labute approximate surface area is 254 Å². The molecule has 0 saturated carbocycles. The summed E-state index contributed by atoms with van der Waals surface area (Å²) < 4.78 is 10.8. The quantitative estimate of drug-likeness (QED) is 0.0816. The number of ether oxygens (including phenoxy) is 2. The van der Waals surface area contributed by atoms with Crippen LogP contribution >= 0.6 is 11.6 Å². The molecule has 0 aromatic heterocycles. The van der Waals surface area contributed by atoms with Gasteiger partial charge in [-0.05, 0) is 83.9 Å². The summed E-state index contributed by atoms with van der Waals surface area (Å²) >= 11 is 5.88. The van der Waals surface area contributed by atoms with E-state index in [1.165, 1.54) is 13.3 Å². The van der Waals surface area contributed by atoms with Gasteiger partial charge in [-0.15, -0.1) is 0 Å². The lowest BCUT2D eigenvalue weighted by Gasteiger charge is -2.13. The van der Waals surface area contributed by atoms with Crippen molar-refractivity contribution in [2.24, 2.45) is 5.10 Å². The summed E-state index contributed by atoms with van der Waals surface area (Å²) in [6.07, 6.45) is 2.96. The van der Waals surface area contributed by atoms with E-state index in [4.69, 9.17) is 21.1 Å². The number of carbonyl (C=O) groups excluding carboxylic acids is 3. The first-order chi connectivity index (χ1) is 20.7. The zero-order valence-corrected chi connectivity index (χ0v) is 24.5. The molecule has 4 aromatic carbocycles. The highest BCUT2D eigenvalue weighted by Gasteiger charge is 2.15. The largest absolute Gasteiger partial charge is 0.493 e. The number of carbonyl (C=O) groups is 3. The topological polar surface area (TPSA) is 109 Å². The molecule has 0 aliphatic heterocycles. The molecule has 43 heavy (non-hydrogen) atoms. The fourth-order valence-electron chi connectivity index (χ4n) is 3.80. The molecule has 4 rings (SSSR count). The normalized spacial score (nSPS) is 11.1. The molecular weight excluding hydrogens is 568 g/mol. The predicted molar refractivity (Wildman–Crippen MR) is 168 cm³/mol. The van der Waals surface area contributed by atoms with Crippen LogP contribution in [0.4, 0.5) is 5.69 Å². The zero-order valence-electron chi connectivity index (χ0n) is 23.7. The number of halogens is 1. The smallest absolute Gasteiger partial charge is 0.343 e. The number of benzene rings is 4. The molecular formula is C33H29ClN4O5. The van der Waals surface area contributed by atoms with Gasteiger partial charge in [-0.1, -0.05) is 41.9 Å². The second-order valence-electron chi connectivity index (χ2n) is 9.37. The predicted octanol–water partition coefficient (Wildman–Crippen LogP) is 5.56. The molecule has 4 aromatic rings. The summed E-state index contributed by atoms with van der Waals surface area (Å²) in [7, 11) is 5.30. The summed E-state index contributed by atoms with van der Waals surface area (Å²) in [6.45, 7) is 0. The number of anilines is 1. The molecule has 0 saturated heterocycles. The highest BCUT2D eigenvalue weighted by molar-refractivity contribution is 6.30. The van der Waals surface area contributed by atoms with E-state index in [0.29, 0.717) is 27.3 Å². The van der Waals surface area contributed by atoms with Gasteiger partial charge in [0.25, 0.3) is 11.8 Å². The molecule has 10 heteroatoms. The highest BCUT2D eigenvalue weighted by Crippen LogP contribution is 2.28. The van der Waals surface area contributed by atoms with Crippen molar-refractivity contribution in [3.05, 3.63) is 130 Å². The second kappa shape index (κ2) is 14.5. The first-order valence-corrected chi connectivity index (χ1v) is 13.5. The van der Waals surface area contributed by atoms with Crippen molar-refractivity contribution < 1.29 is 23.9 Å². The van der Waals surface area contributed by atoms with E-state index >= 15 is 0 Å². The number of esters is 1. The number of hydrogen-bond acceptors (Lipinski definition) is 7. The van der Waals surface area contributed by atoms with Gasteiger partial charge in [0, 0.05) is 30.4 Å². The molecule has 2 N–H and O–H groups in total. The van der Waals surface area contributed by atoms with Crippen molar-refractivity contribution >= 4 is 47.4 Å². The van der Waals surface area contributed by atoms with Gasteiger partial charge < -0.3 is 19.7 Å². The van der Waals surface area contributed by atoms with Crippen LogP contribution in [0.2, 0.25) is 5.02 Å². The molecule has 0 bridgehead atoms. The number of hydrogen-bond donors (Lipinski definition) is 2. The molecule has 2 amide bonds. The van der Waals surface area contributed by atoms with Gasteiger partial charge in [0.15, 0.2) is 11.5 Å². The number of hydrazone groups is 1. The van der Waals surface area contributed by atoms with Crippen molar-refractivity contribution in [2.75, 3.05) is 26.1 Å². The van der Waals surface area contributed by atoms with E-state index in [1.807, 2.05) is 43.3 Å². The maximum absolute atomic E-state index is 13.1. The van der Waals surface area contributed by atoms with Crippen molar-refractivity contribution in [2.45, 2.75) is 0 Å². The van der Waals surface area contributed by atoms with Crippen molar-refractivity contribution in [3.8, 4) is 11.5 Å². The van der Waals surface area contributed by atoms with E-state index < -0.39 is 17.8 Å². The average Bonchev–Trinajstić information content (AvgIpc) is 3.02. The first kappa shape index (κ1) is 30.5. The highest BCUT2D eigenvalue weighted by atomic mass is 35.5. The minimum Gasteiger partial charge on any atom is -0.493 e. The lowest BCUT2D eigenvalue weighted by Crippen LogP contribution is -2.32. The molecule has 0 radical (unpaired) electrons. The maximum atomic E-state index is 13.1. The third-order valence-corrected chi connectivity index (χ3v) is 6.35. The summed E-state index contributed by atoms with van der Waals surface area (Å²) in [5.74, 6) is -1.15. The molecule has 0 unspecified atom stereocenters. The van der Waals surface area contributed by atoms with E-state index in [0.717, 1.165) is 5.69 Å². The van der Waals surface area contributed by atoms with Crippen LogP contribution < -0.4 is 25.1 Å². The molecule has 0 atom stereocenters. The van der Waals surface area contributed by atoms with Gasteiger partial charge in [0.1, 0.15) is 5.70 Å². The average molecular weight is 597 g/mol. The Bertz CT molecular complexity index is 1650. The minimum atomic E-state index is -0.627. The summed E-state index contributed by atoms with van der Waals surface area (Å²) in [6, 6.07) is 27.2. The molecule has 218 valence electrons. The number of nitrogens with one attached hydrogen (secondary N) is 2. The molecule has 0 heterocycles. The van der Waals surface area contributed by atoms with Crippen molar-refractivity contribution in [3.63, 3.8) is 0 Å². The van der Waals surface area contributed by atoms with Gasteiger partial charge in [-0.25, -0.2) is 10.2 Å². The summed E-state index contributed by atoms with van der Waals surface area (Å²) in [5.41, 5.74) is 5.44. The number of nitrogens with zero attached hydrogens (tertiary/aromatic N) is 2. The van der Waals surface area contributed by atoms with E-state index in [-0.39, 0.29) is 17.2 Å². The number of methoxy groups -OCH3 is 1. The standard InChI is InChI=1S/C33H29ClN4O5/c1-38(2)27-16-9-22(10-17-27)19-28(36-31(39)24-7-5-4-6-8-24)32(40)37-35-21-23-11-18-29(30(20-23)42-3)43-33(41)25-12-14-26(34)15-13-25/h4-21H,1-3H3,(H,36,39)(H,37,40)/b28-19-,35-21-. The second-order valence-corrected chi connectivity index (χ2v) is 9.81. The molecule has 9 nitrogen and oxygen atoms in total. The Morgan fingerprint density at radius 3 is 2.14 bits per heavy atom. The Morgan fingerprint density at radius 2 is 1.49 bits per heavy atom. The lowest BCUT2D eigenvalue weighted by atomic mass is 10.1. The monoisotopic (exact) mass is 596 g/mol. The summed E-state index contributed by atoms with van der Waals surface area (Å²) in [5, 5.41) is 7.23. The summed E-state index contributed by atoms with van der Waals surface area (Å²) in [4.78, 5) is 40.4. The Morgan fingerprint density at radius 1 is 0.814 bits per heavy atom. The van der Waals surface area contributed by atoms with E-state index in [1.54, 1.807) is 78.9 Å². The van der Waals surface area contributed by atoms with Gasteiger partial charge in [-0.3, -0.25) is 9.59 Å². The first-order valence-electron chi connectivity index (χ1n) is 13.1. The minimum absolute atomic E-state index is 0.00523. The van der Waals surface area contributed by atoms with Gasteiger partial charge in [-0.2, -0.15) is 5.10 Å². The fourth-order valence-corrected chi connectivity index (χ4v) is 3.92. The van der Waals surface area contributed by atoms with E-state index in [2.05, 4.69) is 15.8 Å². The fraction of sp³-hybridized carbons (Fsp3) is 0.0909. The van der Waals surface area contributed by atoms with Crippen LogP contribution in [0.5, 0.6) is 11.5 Å². The maximum Gasteiger partial charge on any atom is 0.343 e. The van der Waals surface area contributed by atoms with Gasteiger partial charge in [0.05, 0.1) is 18.9 Å². The molecule has 0 spiro atoms. The Kier molecular flexibility index (Phi) is 10.3. The third kappa shape index (κ3) is 8.54. The van der Waals surface area contributed by atoms with Crippen LogP contribution in [0.15, 0.2) is 108 Å². The molecule has 0 fully saturated rings. The number of rotatable bonds is 10. The van der Waals surface area contributed by atoms with Crippen LogP contribution in [0.25, 0.3) is 6.08 Å².